The summed E-state index contributed by atoms with van der Waals surface area (Å²) in [6, 6.07) is 7.60. The number of hydrogen-bond donors (Lipinski definition) is 4. The van der Waals surface area contributed by atoms with Crippen LogP contribution in [0.5, 0.6) is 0 Å². The molecule has 1 aromatic carbocycles. The van der Waals surface area contributed by atoms with Crippen LogP contribution in [-0.4, -0.2) is 82.3 Å². The highest BCUT2D eigenvalue weighted by Gasteiger charge is 2.60. The van der Waals surface area contributed by atoms with Gasteiger partial charge in [0.1, 0.15) is 11.6 Å². The van der Waals surface area contributed by atoms with Gasteiger partial charge in [0, 0.05) is 36.2 Å². The number of benzene rings is 1. The summed E-state index contributed by atoms with van der Waals surface area (Å²) < 4.78 is 3.63. The molecule has 0 amide bonds. The molecule has 0 bridgehead atoms. The van der Waals surface area contributed by atoms with Crippen LogP contribution >= 0.6 is 0 Å². The van der Waals surface area contributed by atoms with Gasteiger partial charge in [0.2, 0.25) is 0 Å². The van der Waals surface area contributed by atoms with Crippen molar-refractivity contribution in [2.75, 3.05) is 0 Å². The molecule has 0 saturated carbocycles. The highest BCUT2D eigenvalue weighted by molar-refractivity contribution is 5.46. The minimum Gasteiger partial charge on any atom is -0.311 e. The summed E-state index contributed by atoms with van der Waals surface area (Å²) in [6.45, 7) is 14.9. The maximum absolute atomic E-state index is 11.1. The Morgan fingerprint density at radius 1 is 0.579 bits per heavy atom. The Morgan fingerprint density at radius 3 is 1.21 bits per heavy atom. The molecule has 0 aliphatic carbocycles. The van der Waals surface area contributed by atoms with Gasteiger partial charge in [-0.25, -0.2) is 9.97 Å². The molecule has 12 nitrogen and oxygen atoms in total. The van der Waals surface area contributed by atoms with Gasteiger partial charge in [-0.15, -0.1) is 0 Å². The van der Waals surface area contributed by atoms with Gasteiger partial charge in [0.05, 0.1) is 22.2 Å². The van der Waals surface area contributed by atoms with E-state index >= 15 is 0 Å². The molecule has 206 valence electrons. The van der Waals surface area contributed by atoms with Gasteiger partial charge in [-0.05, 0) is 73.6 Å². The Bertz CT molecular complexity index is 1210. The van der Waals surface area contributed by atoms with Crippen LogP contribution in [0.4, 0.5) is 0 Å². The van der Waals surface area contributed by atoms with E-state index in [1.165, 1.54) is 0 Å². The molecule has 0 spiro atoms. The normalized spacial score (nSPS) is 24.5. The lowest BCUT2D eigenvalue weighted by atomic mass is 9.84. The fourth-order valence-electron chi connectivity index (χ4n) is 5.23. The molecule has 38 heavy (non-hydrogen) atoms. The van der Waals surface area contributed by atoms with Crippen LogP contribution in [0.15, 0.2) is 49.1 Å². The maximum atomic E-state index is 11.1. The Balaban J connectivity index is 1.55. The van der Waals surface area contributed by atoms with Crippen molar-refractivity contribution in [1.29, 1.82) is 0 Å². The number of nitrogens with zero attached hydrogens (tertiary/aromatic N) is 8. The zero-order valence-electron chi connectivity index (χ0n) is 23.1. The van der Waals surface area contributed by atoms with E-state index in [0.717, 1.165) is 31.6 Å². The fraction of sp³-hybridized carbons (Fsp3) is 0.538. The molecule has 0 radical (unpaired) electrons. The molecule has 2 aliphatic heterocycles. The summed E-state index contributed by atoms with van der Waals surface area (Å²) in [5.41, 5.74) is -1.55. The van der Waals surface area contributed by atoms with Crippen molar-refractivity contribution in [3.05, 3.63) is 60.7 Å². The molecule has 3 aromatic rings. The molecular formula is C26H38N8O4. The van der Waals surface area contributed by atoms with E-state index in [-0.39, 0.29) is 0 Å². The molecule has 2 saturated heterocycles. The molecule has 0 atom stereocenters. The van der Waals surface area contributed by atoms with Crippen LogP contribution < -0.4 is 0 Å². The van der Waals surface area contributed by atoms with E-state index in [1.54, 1.807) is 24.8 Å². The zero-order valence-corrected chi connectivity index (χ0v) is 23.1. The van der Waals surface area contributed by atoms with Crippen LogP contribution in [0.25, 0.3) is 11.4 Å². The van der Waals surface area contributed by atoms with Gasteiger partial charge in [0.15, 0.2) is 12.3 Å². The first-order valence-corrected chi connectivity index (χ1v) is 12.7. The minimum absolute atomic E-state index is 0.444. The summed E-state index contributed by atoms with van der Waals surface area (Å²) in [4.78, 5) is 8.98. The summed E-state index contributed by atoms with van der Waals surface area (Å²) in [6.07, 6.45) is 5.01. The second kappa shape index (κ2) is 8.41. The third kappa shape index (κ3) is 3.39. The quantitative estimate of drug-likeness (QED) is 0.396. The monoisotopic (exact) mass is 526 g/mol. The van der Waals surface area contributed by atoms with Gasteiger partial charge in [0.25, 0.3) is 0 Å². The lowest BCUT2D eigenvalue weighted by molar-refractivity contribution is -0.226. The van der Waals surface area contributed by atoms with Crippen LogP contribution in [-0.2, 0) is 0 Å². The van der Waals surface area contributed by atoms with E-state index in [9.17, 15) is 20.8 Å². The average Bonchev–Trinajstić information content (AvgIpc) is 3.57. The van der Waals surface area contributed by atoms with Crippen molar-refractivity contribution in [3.63, 3.8) is 0 Å². The first-order valence-electron chi connectivity index (χ1n) is 12.7. The Labute approximate surface area is 222 Å². The number of rotatable bonds is 4. The highest BCUT2D eigenvalue weighted by atomic mass is 16.6. The summed E-state index contributed by atoms with van der Waals surface area (Å²) in [5.74, 6) is 0.887. The van der Waals surface area contributed by atoms with Crippen LogP contribution in [0.1, 0.15) is 79.4 Å². The molecule has 2 aliphatic rings. The minimum atomic E-state index is -0.892. The number of imidazole rings is 2. The van der Waals surface area contributed by atoms with Crippen molar-refractivity contribution in [1.82, 2.24) is 39.4 Å². The lowest BCUT2D eigenvalue weighted by Crippen LogP contribution is -2.52. The third-order valence-corrected chi connectivity index (χ3v) is 9.40. The first-order chi connectivity index (χ1) is 17.6. The molecule has 2 aromatic heterocycles. The van der Waals surface area contributed by atoms with E-state index < -0.39 is 34.5 Å². The van der Waals surface area contributed by atoms with E-state index in [1.807, 2.05) is 88.8 Å². The van der Waals surface area contributed by atoms with Crippen LogP contribution in [0.3, 0.4) is 0 Å². The van der Waals surface area contributed by atoms with Crippen molar-refractivity contribution in [2.24, 2.45) is 0 Å². The van der Waals surface area contributed by atoms with Crippen molar-refractivity contribution < 1.29 is 20.8 Å². The summed E-state index contributed by atoms with van der Waals surface area (Å²) >= 11 is 0. The van der Waals surface area contributed by atoms with Crippen molar-refractivity contribution in [2.45, 2.75) is 89.9 Å². The van der Waals surface area contributed by atoms with Gasteiger partial charge in [-0.3, -0.25) is 0 Å². The van der Waals surface area contributed by atoms with E-state index in [2.05, 4.69) is 9.97 Å². The maximum Gasteiger partial charge on any atom is 0.169 e. The highest BCUT2D eigenvalue weighted by Crippen LogP contribution is 2.48. The molecular weight excluding hydrogens is 488 g/mol. The number of hydroxylamine groups is 8. The predicted molar refractivity (Wildman–Crippen MR) is 137 cm³/mol. The molecule has 12 heteroatoms. The first kappa shape index (κ1) is 26.9. The topological polar surface area (TPSA) is 130 Å². The zero-order chi connectivity index (χ0) is 28.0. The van der Waals surface area contributed by atoms with Gasteiger partial charge >= 0.3 is 0 Å². The van der Waals surface area contributed by atoms with E-state index in [4.69, 9.17) is 0 Å². The lowest BCUT2D eigenvalue weighted by Gasteiger charge is -2.37. The summed E-state index contributed by atoms with van der Waals surface area (Å²) in [7, 11) is 0. The fourth-order valence-corrected chi connectivity index (χ4v) is 5.23. The van der Waals surface area contributed by atoms with Gasteiger partial charge < -0.3 is 30.0 Å². The SMILES string of the molecule is CC1(C)N(O)C(c2nccn2-c2cccc(-n3ccnc3C3N(O)C(C)(C)C(C)(C)N3O)c2)N(O)C1(C)C. The molecule has 0 unspecified atom stereocenters. The van der Waals surface area contributed by atoms with Crippen LogP contribution in [0, 0.1) is 0 Å². The Hall–Kier alpha value is -2.68. The van der Waals surface area contributed by atoms with E-state index in [0.29, 0.717) is 11.6 Å². The molecule has 5 rings (SSSR count). The second-order valence-corrected chi connectivity index (χ2v) is 12.2. The predicted octanol–water partition coefficient (Wildman–Crippen LogP) is 3.96. The van der Waals surface area contributed by atoms with Gasteiger partial charge in [-0.2, -0.15) is 20.3 Å². The van der Waals surface area contributed by atoms with Crippen LogP contribution in [0.2, 0.25) is 0 Å². The average molecular weight is 527 g/mol. The summed E-state index contributed by atoms with van der Waals surface area (Å²) in [5, 5.41) is 48.8. The Morgan fingerprint density at radius 2 is 0.895 bits per heavy atom. The Kier molecular flexibility index (Phi) is 5.95. The van der Waals surface area contributed by atoms with Crippen molar-refractivity contribution in [3.8, 4) is 11.4 Å². The van der Waals surface area contributed by atoms with Crippen molar-refractivity contribution >= 4 is 0 Å². The third-order valence-electron chi connectivity index (χ3n) is 9.40. The largest absolute Gasteiger partial charge is 0.311 e. The molecule has 4 heterocycles. The number of hydrogen-bond acceptors (Lipinski definition) is 10. The van der Waals surface area contributed by atoms with Gasteiger partial charge in [-0.1, -0.05) is 6.07 Å². The standard InChI is InChI=1S/C26H38N8O4/c1-23(2)24(3,4)32(36)21(31(23)35)19-27-12-14-29(19)17-10-9-11-18(16-17)30-15-13-28-20(30)22-33(37)25(5,6)26(7,8)34(22)38/h9-16,21-22,35-38H,1-8H3. The number of aromatic nitrogens is 4. The smallest absolute Gasteiger partial charge is 0.169 e. The second-order valence-electron chi connectivity index (χ2n) is 12.2. The molecule has 4 N–H and O–H groups in total. The molecule has 2 fully saturated rings.